The molecule has 2 aromatic heterocycles. The summed E-state index contributed by atoms with van der Waals surface area (Å²) in [6.45, 7) is 0. The number of thiazole rings is 1. The maximum Gasteiger partial charge on any atom is 0.259 e. The van der Waals surface area contributed by atoms with Crippen LogP contribution in [0.1, 0.15) is 5.82 Å². The Labute approximate surface area is 170 Å². The van der Waals surface area contributed by atoms with Gasteiger partial charge in [-0.1, -0.05) is 15.9 Å². The van der Waals surface area contributed by atoms with Gasteiger partial charge in [-0.25, -0.2) is 9.97 Å². The van der Waals surface area contributed by atoms with Gasteiger partial charge in [0, 0.05) is 15.9 Å². The van der Waals surface area contributed by atoms with E-state index in [9.17, 15) is 4.79 Å². The second-order valence-corrected chi connectivity index (χ2v) is 8.73. The van der Waals surface area contributed by atoms with Crippen LogP contribution in [-0.4, -0.2) is 34.5 Å². The van der Waals surface area contributed by atoms with Crippen LogP contribution >= 0.6 is 38.6 Å². The number of nitrogens with one attached hydrogen (secondary N) is 1. The Balaban J connectivity index is 1.74. The molecule has 4 aromatic rings. The highest BCUT2D eigenvalue weighted by Gasteiger charge is 2.10. The molecule has 0 fully saturated rings. The number of rotatable bonds is 4. The maximum absolute atomic E-state index is 12.4. The van der Waals surface area contributed by atoms with Crippen molar-refractivity contribution in [2.45, 2.75) is 4.34 Å². The average molecular weight is 464 g/mol. The summed E-state index contributed by atoms with van der Waals surface area (Å²) >= 11 is 5.94. The standard InChI is InChI=1S/C18H14BrN3O3S2/c1-24-13-6-10-12(7-14(13)25-2)20-16(22-17(10)23)8-26-18-21-11-4-3-9(19)5-15(11)27-18/h3-8,26H,1-2H3,(H,20,22,23). The molecule has 1 N–H and O–H groups in total. The first kappa shape index (κ1) is 18.1. The number of aromatic nitrogens is 3. The van der Waals surface area contributed by atoms with Crippen molar-refractivity contribution in [3.8, 4) is 11.5 Å². The summed E-state index contributed by atoms with van der Waals surface area (Å²) in [5, 5.41) is 2.29. The van der Waals surface area contributed by atoms with E-state index in [0.717, 1.165) is 30.4 Å². The van der Waals surface area contributed by atoms with Gasteiger partial charge in [-0.15, -0.1) is 22.7 Å². The van der Waals surface area contributed by atoms with Gasteiger partial charge in [0.2, 0.25) is 0 Å². The molecule has 0 spiro atoms. The number of halogens is 1. The molecule has 6 nitrogen and oxygen atoms in total. The molecule has 0 bridgehead atoms. The van der Waals surface area contributed by atoms with E-state index < -0.39 is 0 Å². The fraction of sp³-hybridized carbons (Fsp3) is 0.111. The number of H-pyrrole nitrogens is 1. The molecule has 0 aliphatic carbocycles. The molecule has 0 aliphatic heterocycles. The van der Waals surface area contributed by atoms with Crippen LogP contribution < -0.4 is 15.0 Å². The lowest BCUT2D eigenvalue weighted by Gasteiger charge is -2.08. The third-order valence-corrected chi connectivity index (χ3v) is 6.46. The van der Waals surface area contributed by atoms with Gasteiger partial charge in [0.1, 0.15) is 10.2 Å². The van der Waals surface area contributed by atoms with Crippen molar-refractivity contribution in [1.29, 1.82) is 0 Å². The van der Waals surface area contributed by atoms with Gasteiger partial charge in [-0.2, -0.15) is 0 Å². The molecule has 9 heteroatoms. The molecule has 0 aliphatic rings. The zero-order valence-electron chi connectivity index (χ0n) is 14.3. The van der Waals surface area contributed by atoms with Gasteiger partial charge in [0.25, 0.3) is 5.56 Å². The maximum atomic E-state index is 12.4. The number of nitrogens with zero attached hydrogens (tertiary/aromatic N) is 2. The fourth-order valence-corrected chi connectivity index (χ4v) is 5.04. The Morgan fingerprint density at radius 3 is 2.67 bits per heavy atom. The van der Waals surface area contributed by atoms with Crippen LogP contribution in [0.4, 0.5) is 0 Å². The Kier molecular flexibility index (Phi) is 4.98. The van der Waals surface area contributed by atoms with Crippen LogP contribution in [-0.2, 0) is 0 Å². The van der Waals surface area contributed by atoms with Crippen LogP contribution in [0.3, 0.4) is 0 Å². The van der Waals surface area contributed by atoms with E-state index in [1.54, 1.807) is 30.6 Å². The van der Waals surface area contributed by atoms with E-state index in [1.807, 2.05) is 23.6 Å². The molecule has 0 unspecified atom stereocenters. The quantitative estimate of drug-likeness (QED) is 0.353. The normalized spacial score (nSPS) is 11.8. The minimum absolute atomic E-state index is 0.226. The first-order chi connectivity index (χ1) is 13.1. The van der Waals surface area contributed by atoms with E-state index in [1.165, 1.54) is 7.11 Å². The highest BCUT2D eigenvalue weighted by Crippen LogP contribution is 2.30. The molecule has 27 heavy (non-hydrogen) atoms. The van der Waals surface area contributed by atoms with Gasteiger partial charge in [-0.05, 0) is 24.3 Å². The molecule has 0 radical (unpaired) electrons. The van der Waals surface area contributed by atoms with Gasteiger partial charge in [-0.3, -0.25) is 4.79 Å². The molecule has 2 aromatic carbocycles. The topological polar surface area (TPSA) is 77.1 Å². The lowest BCUT2D eigenvalue weighted by atomic mass is 10.2. The number of benzene rings is 2. The van der Waals surface area contributed by atoms with Gasteiger partial charge in [0.05, 0.1) is 35.3 Å². The minimum Gasteiger partial charge on any atom is -0.493 e. The Hall–Kier alpha value is -2.23. The van der Waals surface area contributed by atoms with E-state index in [4.69, 9.17) is 9.47 Å². The minimum atomic E-state index is -0.226. The van der Waals surface area contributed by atoms with Crippen molar-refractivity contribution in [2.24, 2.45) is 0 Å². The number of fused-ring (bicyclic) bond motifs is 2. The second kappa shape index (κ2) is 7.41. The largest absolute Gasteiger partial charge is 0.493 e. The Bertz CT molecular complexity index is 1250. The first-order valence-corrected chi connectivity index (χ1v) is 10.4. The number of ether oxygens (including phenoxy) is 2. The van der Waals surface area contributed by atoms with Crippen LogP contribution in [0.25, 0.3) is 21.1 Å². The second-order valence-electron chi connectivity index (χ2n) is 5.54. The van der Waals surface area contributed by atoms with Crippen molar-refractivity contribution in [3.05, 3.63) is 51.0 Å². The van der Waals surface area contributed by atoms with Crippen molar-refractivity contribution >= 4 is 65.1 Å². The van der Waals surface area contributed by atoms with Crippen LogP contribution in [0.15, 0.2) is 43.9 Å². The van der Waals surface area contributed by atoms with E-state index >= 15 is 0 Å². The Morgan fingerprint density at radius 1 is 1.11 bits per heavy atom. The predicted octanol–water partition coefficient (Wildman–Crippen LogP) is 3.99. The molecule has 0 amide bonds. The van der Waals surface area contributed by atoms with E-state index in [2.05, 4.69) is 30.9 Å². The highest BCUT2D eigenvalue weighted by atomic mass is 79.9. The number of methoxy groups -OCH3 is 2. The molecular formula is C18H14BrN3O3S2. The van der Waals surface area contributed by atoms with Crippen LogP contribution in [0.2, 0.25) is 0 Å². The fourth-order valence-electron chi connectivity index (χ4n) is 2.60. The third-order valence-electron chi connectivity index (χ3n) is 3.87. The average Bonchev–Trinajstić information content (AvgIpc) is 3.07. The zero-order chi connectivity index (χ0) is 19.0. The SMILES string of the molecule is COc1cc2nc(C=[SH]c3nc4ccc(Br)cc4s3)[nH]c(=O)c2cc1OC. The molecular weight excluding hydrogens is 450 g/mol. The molecule has 4 rings (SSSR count). The van der Waals surface area contributed by atoms with Crippen molar-refractivity contribution in [2.75, 3.05) is 14.2 Å². The Morgan fingerprint density at radius 2 is 1.89 bits per heavy atom. The van der Waals surface area contributed by atoms with Crippen molar-refractivity contribution in [3.63, 3.8) is 0 Å². The van der Waals surface area contributed by atoms with Gasteiger partial charge < -0.3 is 14.5 Å². The summed E-state index contributed by atoms with van der Waals surface area (Å²) in [6.07, 6.45) is 0. The number of aromatic amines is 1. The van der Waals surface area contributed by atoms with Crippen molar-refractivity contribution < 1.29 is 9.47 Å². The zero-order valence-corrected chi connectivity index (χ0v) is 17.6. The highest BCUT2D eigenvalue weighted by molar-refractivity contribution is 9.10. The molecule has 2 heterocycles. The van der Waals surface area contributed by atoms with Crippen molar-refractivity contribution in [1.82, 2.24) is 15.0 Å². The summed E-state index contributed by atoms with van der Waals surface area (Å²) in [5.41, 5.74) is 1.28. The summed E-state index contributed by atoms with van der Waals surface area (Å²) in [7, 11) is 3.08. The molecule has 0 saturated heterocycles. The summed E-state index contributed by atoms with van der Waals surface area (Å²) in [5.74, 6) is 1.51. The van der Waals surface area contributed by atoms with E-state index in [0.29, 0.717) is 28.2 Å². The molecule has 0 saturated carbocycles. The summed E-state index contributed by atoms with van der Waals surface area (Å²) < 4.78 is 13.6. The third kappa shape index (κ3) is 3.62. The smallest absolute Gasteiger partial charge is 0.259 e. The lowest BCUT2D eigenvalue weighted by Crippen LogP contribution is -2.11. The molecule has 138 valence electrons. The first-order valence-electron chi connectivity index (χ1n) is 7.83. The number of thiol groups is 1. The van der Waals surface area contributed by atoms with Crippen LogP contribution in [0.5, 0.6) is 11.5 Å². The summed E-state index contributed by atoms with van der Waals surface area (Å²) in [6, 6.07) is 9.32. The lowest BCUT2D eigenvalue weighted by molar-refractivity contribution is 0.355. The van der Waals surface area contributed by atoms with Crippen LogP contribution in [0, 0.1) is 0 Å². The predicted molar refractivity (Wildman–Crippen MR) is 115 cm³/mol. The number of hydrogen-bond acceptors (Lipinski definition) is 6. The van der Waals surface area contributed by atoms with Gasteiger partial charge >= 0.3 is 0 Å². The van der Waals surface area contributed by atoms with E-state index in [-0.39, 0.29) is 5.56 Å². The summed E-state index contributed by atoms with van der Waals surface area (Å²) in [4.78, 5) is 24.3. The monoisotopic (exact) mass is 463 g/mol. The van der Waals surface area contributed by atoms with Gasteiger partial charge in [0.15, 0.2) is 11.5 Å². The number of hydrogen-bond donors (Lipinski definition) is 2. The molecule has 0 atom stereocenters.